The van der Waals surface area contributed by atoms with Crippen LogP contribution in [0.3, 0.4) is 0 Å². The summed E-state index contributed by atoms with van der Waals surface area (Å²) in [6.07, 6.45) is 1.50. The van der Waals surface area contributed by atoms with Gasteiger partial charge in [0, 0.05) is 4.88 Å². The monoisotopic (exact) mass is 417 g/mol. The molecule has 0 saturated heterocycles. The molecule has 0 aliphatic rings. The lowest BCUT2D eigenvalue weighted by atomic mass is 10.1. The summed E-state index contributed by atoms with van der Waals surface area (Å²) in [7, 11) is 0. The molecule has 0 aliphatic heterocycles. The number of esters is 1. The molecule has 0 bridgehead atoms. The van der Waals surface area contributed by atoms with Crippen molar-refractivity contribution in [3.05, 3.63) is 87.9 Å². The number of hydrogen-bond acceptors (Lipinski definition) is 4. The Morgan fingerprint density at radius 1 is 0.966 bits per heavy atom. The van der Waals surface area contributed by atoms with Crippen LogP contribution in [0.4, 0.5) is 18.9 Å². The molecule has 0 saturated carbocycles. The first-order valence-electron chi connectivity index (χ1n) is 8.36. The van der Waals surface area contributed by atoms with E-state index in [1.807, 2.05) is 5.32 Å². The standard InChI is InChI=1S/C21H14F3NO3S/c22-14-8-6-13(7-9-14)11-15(18-5-2-10-29-18)21(27)28-12-19(26)25-20-16(23)3-1-4-17(20)24/h1-11H,12H2,(H,25,26). The van der Waals surface area contributed by atoms with Crippen LogP contribution in [0.2, 0.25) is 0 Å². The van der Waals surface area contributed by atoms with E-state index in [9.17, 15) is 22.8 Å². The second-order valence-electron chi connectivity index (χ2n) is 5.81. The number of amides is 1. The van der Waals surface area contributed by atoms with Crippen LogP contribution in [0.15, 0.2) is 60.0 Å². The second-order valence-corrected chi connectivity index (χ2v) is 6.76. The van der Waals surface area contributed by atoms with Crippen LogP contribution < -0.4 is 5.32 Å². The summed E-state index contributed by atoms with van der Waals surface area (Å²) in [5.41, 5.74) is 0.106. The van der Waals surface area contributed by atoms with Crippen molar-refractivity contribution in [1.29, 1.82) is 0 Å². The van der Waals surface area contributed by atoms with Gasteiger partial charge in [0.05, 0.1) is 5.57 Å². The number of carbonyl (C=O) groups is 2. The summed E-state index contributed by atoms with van der Waals surface area (Å²) in [5, 5.41) is 3.80. The van der Waals surface area contributed by atoms with E-state index >= 15 is 0 Å². The van der Waals surface area contributed by atoms with Crippen molar-refractivity contribution in [1.82, 2.24) is 0 Å². The molecular weight excluding hydrogens is 403 g/mol. The fourth-order valence-corrected chi connectivity index (χ4v) is 3.12. The first-order chi connectivity index (χ1) is 13.9. The van der Waals surface area contributed by atoms with Gasteiger partial charge in [-0.2, -0.15) is 0 Å². The van der Waals surface area contributed by atoms with Crippen LogP contribution in [-0.2, 0) is 14.3 Å². The fourth-order valence-electron chi connectivity index (χ4n) is 2.39. The third-order valence-electron chi connectivity index (χ3n) is 3.75. The highest BCUT2D eigenvalue weighted by atomic mass is 32.1. The summed E-state index contributed by atoms with van der Waals surface area (Å²) in [6.45, 7) is -0.737. The largest absolute Gasteiger partial charge is 0.452 e. The van der Waals surface area contributed by atoms with Gasteiger partial charge in [-0.05, 0) is 47.4 Å². The number of thiophene rings is 1. The Bertz CT molecular complexity index is 1030. The van der Waals surface area contributed by atoms with E-state index in [1.165, 1.54) is 41.7 Å². The molecule has 0 unspecified atom stereocenters. The minimum Gasteiger partial charge on any atom is -0.452 e. The zero-order chi connectivity index (χ0) is 20.8. The SMILES string of the molecule is O=C(COC(=O)C(=Cc1ccc(F)cc1)c1cccs1)Nc1c(F)cccc1F. The Hall–Kier alpha value is -3.39. The molecule has 0 aliphatic carbocycles. The summed E-state index contributed by atoms with van der Waals surface area (Å²) in [6, 6.07) is 12.0. The Kier molecular flexibility index (Phi) is 6.46. The zero-order valence-electron chi connectivity index (χ0n) is 14.8. The van der Waals surface area contributed by atoms with Crippen LogP contribution in [0.1, 0.15) is 10.4 Å². The van der Waals surface area contributed by atoms with Gasteiger partial charge in [-0.25, -0.2) is 18.0 Å². The molecule has 0 radical (unpaired) electrons. The molecule has 0 atom stereocenters. The summed E-state index contributed by atoms with van der Waals surface area (Å²) in [5.74, 6) is -4.00. The van der Waals surface area contributed by atoms with Crippen molar-refractivity contribution in [3.63, 3.8) is 0 Å². The van der Waals surface area contributed by atoms with Gasteiger partial charge < -0.3 is 10.1 Å². The van der Waals surface area contributed by atoms with Crippen molar-refractivity contribution < 1.29 is 27.5 Å². The third kappa shape index (κ3) is 5.32. The van der Waals surface area contributed by atoms with Crippen molar-refractivity contribution in [2.45, 2.75) is 0 Å². The topological polar surface area (TPSA) is 55.4 Å². The number of nitrogens with one attached hydrogen (secondary N) is 1. The van der Waals surface area contributed by atoms with Gasteiger partial charge >= 0.3 is 5.97 Å². The molecule has 1 aromatic heterocycles. The molecule has 148 valence electrons. The molecule has 3 rings (SSSR count). The first kappa shape index (κ1) is 20.3. The van der Waals surface area contributed by atoms with Crippen molar-refractivity contribution in [2.75, 3.05) is 11.9 Å². The number of benzene rings is 2. The number of halogens is 3. The van der Waals surface area contributed by atoms with Gasteiger partial charge in [-0.1, -0.05) is 24.3 Å². The van der Waals surface area contributed by atoms with E-state index in [4.69, 9.17) is 4.74 Å². The van der Waals surface area contributed by atoms with E-state index in [-0.39, 0.29) is 5.57 Å². The van der Waals surface area contributed by atoms with E-state index < -0.39 is 41.6 Å². The number of para-hydroxylation sites is 1. The highest BCUT2D eigenvalue weighted by Gasteiger charge is 2.18. The molecule has 1 amide bonds. The lowest BCUT2D eigenvalue weighted by Crippen LogP contribution is -2.22. The number of anilines is 1. The summed E-state index contributed by atoms with van der Waals surface area (Å²) < 4.78 is 45.3. The van der Waals surface area contributed by atoms with Crippen LogP contribution >= 0.6 is 11.3 Å². The molecule has 0 spiro atoms. The van der Waals surface area contributed by atoms with Gasteiger partial charge in [-0.3, -0.25) is 4.79 Å². The molecule has 3 aromatic rings. The van der Waals surface area contributed by atoms with Crippen molar-refractivity contribution in [3.8, 4) is 0 Å². The first-order valence-corrected chi connectivity index (χ1v) is 9.24. The maximum Gasteiger partial charge on any atom is 0.340 e. The van der Waals surface area contributed by atoms with E-state index in [2.05, 4.69) is 0 Å². The second kappa shape index (κ2) is 9.20. The zero-order valence-corrected chi connectivity index (χ0v) is 15.6. The van der Waals surface area contributed by atoms with Crippen molar-refractivity contribution in [2.24, 2.45) is 0 Å². The molecule has 1 N–H and O–H groups in total. The summed E-state index contributed by atoms with van der Waals surface area (Å²) in [4.78, 5) is 25.0. The molecule has 8 heteroatoms. The molecule has 2 aromatic carbocycles. The Morgan fingerprint density at radius 3 is 2.28 bits per heavy atom. The van der Waals surface area contributed by atoms with Gasteiger partial charge in [-0.15, -0.1) is 11.3 Å². The maximum atomic E-state index is 13.6. The van der Waals surface area contributed by atoms with E-state index in [0.717, 1.165) is 18.2 Å². The number of ether oxygens (including phenoxy) is 1. The molecule has 0 fully saturated rings. The Labute approximate surface area is 168 Å². The lowest BCUT2D eigenvalue weighted by Gasteiger charge is -2.09. The van der Waals surface area contributed by atoms with Gasteiger partial charge in [0.1, 0.15) is 23.1 Å². The molecule has 29 heavy (non-hydrogen) atoms. The smallest absolute Gasteiger partial charge is 0.340 e. The highest BCUT2D eigenvalue weighted by Crippen LogP contribution is 2.24. The van der Waals surface area contributed by atoms with Gasteiger partial charge in [0.15, 0.2) is 6.61 Å². The third-order valence-corrected chi connectivity index (χ3v) is 4.65. The predicted molar refractivity (Wildman–Crippen MR) is 105 cm³/mol. The highest BCUT2D eigenvalue weighted by molar-refractivity contribution is 7.11. The van der Waals surface area contributed by atoms with Crippen LogP contribution in [0.25, 0.3) is 11.6 Å². The number of hydrogen-bond donors (Lipinski definition) is 1. The predicted octanol–water partition coefficient (Wildman–Crippen LogP) is 4.89. The van der Waals surface area contributed by atoms with Crippen LogP contribution in [0, 0.1) is 17.5 Å². The maximum absolute atomic E-state index is 13.6. The molecule has 1 heterocycles. The Morgan fingerprint density at radius 2 is 1.66 bits per heavy atom. The normalized spacial score (nSPS) is 11.2. The van der Waals surface area contributed by atoms with Crippen LogP contribution in [0.5, 0.6) is 0 Å². The van der Waals surface area contributed by atoms with Gasteiger partial charge in [0.25, 0.3) is 5.91 Å². The average molecular weight is 417 g/mol. The van der Waals surface area contributed by atoms with E-state index in [1.54, 1.807) is 17.5 Å². The average Bonchev–Trinajstić information content (AvgIpc) is 3.23. The van der Waals surface area contributed by atoms with Crippen molar-refractivity contribution >= 4 is 40.5 Å². The number of carbonyl (C=O) groups excluding carboxylic acids is 2. The van der Waals surface area contributed by atoms with Gasteiger partial charge in [0.2, 0.25) is 0 Å². The summed E-state index contributed by atoms with van der Waals surface area (Å²) >= 11 is 1.28. The number of rotatable bonds is 6. The lowest BCUT2D eigenvalue weighted by molar-refractivity contribution is -0.141. The van der Waals surface area contributed by atoms with Crippen LogP contribution in [-0.4, -0.2) is 18.5 Å². The minimum atomic E-state index is -0.944. The molecular formula is C21H14F3NO3S. The Balaban J connectivity index is 1.72. The fraction of sp³-hybridized carbons (Fsp3) is 0.0476. The molecule has 4 nitrogen and oxygen atoms in total. The minimum absolute atomic E-state index is 0.163. The van der Waals surface area contributed by atoms with E-state index in [0.29, 0.717) is 10.4 Å². The quantitative estimate of drug-likeness (QED) is 0.459.